The molecule has 0 bridgehead atoms. The molecular formula is C66H90N8O14S2. The molecular weight excluding hydrogens is 1190 g/mol. The number of nitrogens with zero attached hydrogens (tertiary/aromatic N) is 4. The van der Waals surface area contributed by atoms with Gasteiger partial charge < -0.3 is 64.6 Å². The Hall–Kier alpha value is -7.67. The van der Waals surface area contributed by atoms with Crippen LogP contribution < -0.4 is 30.7 Å². The zero-order chi connectivity index (χ0) is 65.9. The van der Waals surface area contributed by atoms with Gasteiger partial charge in [-0.1, -0.05) is 66.3 Å². The van der Waals surface area contributed by atoms with Gasteiger partial charge in [-0.2, -0.15) is 23.5 Å². The smallest absolute Gasteiger partial charge is 0.250 e. The first-order valence-corrected chi connectivity index (χ1v) is 32.3. The van der Waals surface area contributed by atoms with Gasteiger partial charge in [0, 0.05) is 96.8 Å². The summed E-state index contributed by atoms with van der Waals surface area (Å²) in [6.45, 7) is 4.36. The summed E-state index contributed by atoms with van der Waals surface area (Å²) in [5.41, 5.74) is 4.69. The predicted octanol–water partition coefficient (Wildman–Crippen LogP) is 5.16. The van der Waals surface area contributed by atoms with Crippen LogP contribution in [0.15, 0.2) is 109 Å². The number of aryl methyl sites for hydroxylation is 1. The summed E-state index contributed by atoms with van der Waals surface area (Å²) < 4.78 is 27.0. The van der Waals surface area contributed by atoms with Crippen LogP contribution in [0.2, 0.25) is 0 Å². The van der Waals surface area contributed by atoms with E-state index in [9.17, 15) is 43.2 Å². The van der Waals surface area contributed by atoms with E-state index in [0.717, 1.165) is 33.6 Å². The van der Waals surface area contributed by atoms with Crippen molar-refractivity contribution < 1.29 is 66.8 Å². The molecule has 7 atom stereocenters. The van der Waals surface area contributed by atoms with Crippen LogP contribution in [-0.2, 0) is 81.7 Å². The number of benzene rings is 3. The number of amides is 8. The Labute approximate surface area is 537 Å². The van der Waals surface area contributed by atoms with E-state index in [1.807, 2.05) is 54.6 Å². The fraction of sp³-hybridized carbons (Fsp3) is 0.500. The molecule has 490 valence electrons. The Balaban J connectivity index is 1.18. The highest BCUT2D eigenvalue weighted by Gasteiger charge is 2.39. The number of hydrogen-bond donors (Lipinski definition) is 4. The fourth-order valence-electron chi connectivity index (χ4n) is 10.1. The maximum atomic E-state index is 14.7. The van der Waals surface area contributed by atoms with E-state index in [1.54, 1.807) is 109 Å². The third-order valence-corrected chi connectivity index (χ3v) is 17.8. The highest BCUT2D eigenvalue weighted by Crippen LogP contribution is 2.26. The number of likely N-dealkylation sites (N-methyl/N-ethyl adjacent to an activating group) is 3. The molecule has 4 N–H and O–H groups in total. The van der Waals surface area contributed by atoms with Crippen molar-refractivity contribution in [3.05, 3.63) is 131 Å². The molecule has 0 fully saturated rings. The Morgan fingerprint density at radius 1 is 0.667 bits per heavy atom. The molecule has 1 aliphatic carbocycles. The molecule has 1 heterocycles. The molecule has 3 unspecified atom stereocenters. The van der Waals surface area contributed by atoms with Crippen LogP contribution in [0.3, 0.4) is 0 Å². The number of carbonyl (C=O) groups excluding carboxylic acids is 9. The molecule has 0 aromatic heterocycles. The van der Waals surface area contributed by atoms with E-state index in [1.165, 1.54) is 47.8 Å². The topological polar surface area (TPSA) is 261 Å². The molecule has 2 aliphatic rings. The van der Waals surface area contributed by atoms with Gasteiger partial charge in [-0.15, -0.1) is 0 Å². The zero-order valence-electron chi connectivity index (χ0n) is 53.7. The second-order valence-corrected chi connectivity index (χ2v) is 24.4. The lowest BCUT2D eigenvalue weighted by Crippen LogP contribution is -2.59. The molecule has 8 amide bonds. The van der Waals surface area contributed by atoms with E-state index in [4.69, 9.17) is 23.7 Å². The van der Waals surface area contributed by atoms with Gasteiger partial charge in [0.05, 0.1) is 52.4 Å². The van der Waals surface area contributed by atoms with Gasteiger partial charge in [0.1, 0.15) is 47.5 Å². The average molecular weight is 1280 g/mol. The van der Waals surface area contributed by atoms with E-state index < -0.39 is 78.5 Å². The van der Waals surface area contributed by atoms with Gasteiger partial charge in [-0.05, 0) is 99.0 Å². The number of thioether (sulfide) groups is 2. The molecule has 1 aliphatic heterocycles. The van der Waals surface area contributed by atoms with Crippen LogP contribution in [-0.4, -0.2) is 203 Å². The molecule has 0 radical (unpaired) electrons. The number of allylic oxidation sites excluding steroid dienone is 3. The van der Waals surface area contributed by atoms with Gasteiger partial charge in [-0.3, -0.25) is 43.2 Å². The van der Waals surface area contributed by atoms with Crippen molar-refractivity contribution >= 4 is 76.6 Å². The maximum absolute atomic E-state index is 14.7. The highest BCUT2D eigenvalue weighted by atomic mass is 32.2. The molecule has 24 heteroatoms. The van der Waals surface area contributed by atoms with Crippen LogP contribution in [0.5, 0.6) is 11.5 Å². The van der Waals surface area contributed by atoms with E-state index in [-0.39, 0.29) is 62.2 Å². The first-order chi connectivity index (χ1) is 43.1. The summed E-state index contributed by atoms with van der Waals surface area (Å²) in [5, 5.41) is 11.2. The van der Waals surface area contributed by atoms with Crippen molar-refractivity contribution in [1.29, 1.82) is 0 Å². The summed E-state index contributed by atoms with van der Waals surface area (Å²) in [6.07, 6.45) is 7.77. The quantitative estimate of drug-likeness (QED) is 0.0543. The predicted molar refractivity (Wildman–Crippen MR) is 347 cm³/mol. The van der Waals surface area contributed by atoms with Crippen molar-refractivity contribution in [2.75, 3.05) is 87.8 Å². The maximum Gasteiger partial charge on any atom is 0.250 e. The number of methoxy groups -OCH3 is 5. The highest BCUT2D eigenvalue weighted by molar-refractivity contribution is 7.98. The molecule has 3 aromatic carbocycles. The first kappa shape index (κ1) is 73.1. The van der Waals surface area contributed by atoms with E-state index in [2.05, 4.69) is 27.3 Å². The molecule has 5 rings (SSSR count). The second kappa shape index (κ2) is 37.5. The summed E-state index contributed by atoms with van der Waals surface area (Å²) in [4.78, 5) is 128. The monoisotopic (exact) mass is 1280 g/mol. The molecule has 90 heavy (non-hydrogen) atoms. The number of hydrogen-bond acceptors (Lipinski definition) is 16. The molecule has 22 nitrogen and oxygen atoms in total. The van der Waals surface area contributed by atoms with Crippen molar-refractivity contribution in [2.24, 2.45) is 0 Å². The van der Waals surface area contributed by atoms with Crippen LogP contribution in [0.4, 0.5) is 0 Å². The lowest BCUT2D eigenvalue weighted by atomic mass is 9.95. The molecule has 3 aromatic rings. The average Bonchev–Trinajstić information content (AvgIpc) is 1.83. The van der Waals surface area contributed by atoms with Crippen molar-refractivity contribution in [3.63, 3.8) is 0 Å². The summed E-state index contributed by atoms with van der Waals surface area (Å²) in [7, 11) is 12.1. The zero-order valence-corrected chi connectivity index (χ0v) is 55.3. The van der Waals surface area contributed by atoms with Gasteiger partial charge in [0.2, 0.25) is 47.3 Å². The number of ketones is 1. The van der Waals surface area contributed by atoms with Crippen LogP contribution >= 0.6 is 23.5 Å². The lowest BCUT2D eigenvalue weighted by molar-refractivity contribution is -0.145. The number of carbonyl (C=O) groups is 9. The largest absolute Gasteiger partial charge is 0.501 e. The van der Waals surface area contributed by atoms with Crippen LogP contribution in [0.1, 0.15) is 81.5 Å². The standard InChI is InChI=1S/C66H90N8O14S2/c1-43(75)39-68-64(81)61(45(3)85-8)73(6)59(78)31-34-89-41-49-14-12-15-50(36-49)42-90-35-32-67-62(79)55-16-13-33-74(55)65(82)54(37-47-19-26-52(87-10)27-20-47)69-63(80)60(44(2)84-7)70-57(76)40-71(4)66(83)56(38-48-21-28-53(88-11)29-22-48)72(5)58(77)30-23-46-17-24-51(86-9)25-18-46/h12-15,17-19,21-22,24-26,28-29,33,36,44-45,54-56,60-61H,16,20,23,27,30-32,34-35,37-42H2,1-11H3,(H,67,79)(H,68,81)(H,69,80)(H,70,76)/t44-,45-,54+,55?,56+,60?,61?/m1/s1. The normalized spacial score (nSPS) is 15.5. The Kier molecular flexibility index (Phi) is 30.4. The molecule has 0 saturated heterocycles. The third kappa shape index (κ3) is 22.7. The van der Waals surface area contributed by atoms with Crippen LogP contribution in [0, 0.1) is 0 Å². The number of Topliss-reactive ketones (excluding diaryl/α,β-unsaturated/α-hetero) is 1. The SMILES string of the molecule is COC1=CC=C(C[C@H](NC(=O)C(NC(=O)CN(C)C(=O)[C@H](Cc2ccc(OC)cc2)N(C)C(=O)CCc2ccc(OC)cc2)[C@@H](C)OC)C(=O)N2C=CCC2C(=O)NCCSCc2cccc(CSCCC(=O)N(C)C(C(=O)NCC(C)=O)[C@@H](C)OC)c2)CC1. The van der Waals surface area contributed by atoms with E-state index >= 15 is 0 Å². The van der Waals surface area contributed by atoms with Gasteiger partial charge in [0.25, 0.3) is 0 Å². The Morgan fingerprint density at radius 2 is 1.29 bits per heavy atom. The lowest BCUT2D eigenvalue weighted by Gasteiger charge is -2.32. The first-order valence-electron chi connectivity index (χ1n) is 30.0. The van der Waals surface area contributed by atoms with Crippen molar-refractivity contribution in [3.8, 4) is 11.5 Å². The second-order valence-electron chi connectivity index (χ2n) is 22.2. The molecule has 0 spiro atoms. The molecule has 0 saturated carbocycles. The van der Waals surface area contributed by atoms with Crippen molar-refractivity contribution in [2.45, 2.75) is 126 Å². The minimum Gasteiger partial charge on any atom is -0.501 e. The van der Waals surface area contributed by atoms with Crippen molar-refractivity contribution in [1.82, 2.24) is 40.9 Å². The minimum atomic E-state index is -1.34. The number of rotatable bonds is 37. The Morgan fingerprint density at radius 3 is 1.88 bits per heavy atom. The number of nitrogens with one attached hydrogen (secondary N) is 4. The summed E-state index contributed by atoms with van der Waals surface area (Å²) in [6, 6.07) is 17.3. The van der Waals surface area contributed by atoms with Crippen LogP contribution in [0.25, 0.3) is 0 Å². The van der Waals surface area contributed by atoms with Gasteiger partial charge >= 0.3 is 0 Å². The Bertz CT molecular complexity index is 3020. The third-order valence-electron chi connectivity index (χ3n) is 15.7. The summed E-state index contributed by atoms with van der Waals surface area (Å²) >= 11 is 3.23. The number of ether oxygens (including phenoxy) is 5. The minimum absolute atomic E-state index is 0.0902. The van der Waals surface area contributed by atoms with E-state index in [0.29, 0.717) is 60.3 Å². The fourth-order valence-corrected chi connectivity index (χ4v) is 11.8. The van der Waals surface area contributed by atoms with Gasteiger partial charge in [-0.25, -0.2) is 0 Å². The van der Waals surface area contributed by atoms with Gasteiger partial charge in [0.15, 0.2) is 0 Å². The summed E-state index contributed by atoms with van der Waals surface area (Å²) in [5.74, 6) is 0.516.